The molecule has 5 heteroatoms. The van der Waals surface area contributed by atoms with Gasteiger partial charge in [-0.25, -0.2) is 0 Å². The Hall–Kier alpha value is -3.05. The number of piperazine rings is 1. The Morgan fingerprint density at radius 3 is 2.57 bits per heavy atom. The van der Waals surface area contributed by atoms with Crippen LogP contribution in [-0.4, -0.2) is 51.4 Å². The van der Waals surface area contributed by atoms with Gasteiger partial charge in [0.1, 0.15) is 0 Å². The molecule has 0 aliphatic carbocycles. The Morgan fingerprint density at radius 1 is 0.967 bits per heavy atom. The Kier molecular flexibility index (Phi) is 6.50. The molecule has 30 heavy (non-hydrogen) atoms. The summed E-state index contributed by atoms with van der Waals surface area (Å²) < 4.78 is 0. The maximum absolute atomic E-state index is 13.4. The minimum atomic E-state index is -0.170. The summed E-state index contributed by atoms with van der Waals surface area (Å²) in [5.74, 6) is 0.234. The molecule has 1 aliphatic heterocycles. The van der Waals surface area contributed by atoms with E-state index in [1.54, 1.807) is 6.20 Å². The predicted molar refractivity (Wildman–Crippen MR) is 119 cm³/mol. The van der Waals surface area contributed by atoms with Gasteiger partial charge >= 0.3 is 0 Å². The van der Waals surface area contributed by atoms with E-state index in [0.29, 0.717) is 6.42 Å². The largest absolute Gasteiger partial charge is 0.340 e. The van der Waals surface area contributed by atoms with Gasteiger partial charge < -0.3 is 4.90 Å². The Morgan fingerprint density at radius 2 is 1.80 bits per heavy atom. The number of carbonyl (C=O) groups is 1. The van der Waals surface area contributed by atoms with Gasteiger partial charge in [-0.3, -0.25) is 19.7 Å². The monoisotopic (exact) mass is 400 g/mol. The second kappa shape index (κ2) is 9.63. The highest BCUT2D eigenvalue weighted by Crippen LogP contribution is 2.27. The molecule has 0 saturated carbocycles. The molecule has 3 heterocycles. The summed E-state index contributed by atoms with van der Waals surface area (Å²) in [5, 5.41) is 0. The highest BCUT2D eigenvalue weighted by atomic mass is 16.2. The van der Waals surface area contributed by atoms with E-state index in [1.165, 1.54) is 11.1 Å². The number of rotatable bonds is 7. The zero-order valence-electron chi connectivity index (χ0n) is 17.4. The predicted octanol–water partition coefficient (Wildman–Crippen LogP) is 3.81. The van der Waals surface area contributed by atoms with Gasteiger partial charge in [-0.1, -0.05) is 37.3 Å². The second-order valence-electron chi connectivity index (χ2n) is 7.77. The number of nitrogens with zero attached hydrogens (tertiary/aromatic N) is 4. The quantitative estimate of drug-likeness (QED) is 0.605. The van der Waals surface area contributed by atoms with Crippen molar-refractivity contribution in [1.82, 2.24) is 19.8 Å². The van der Waals surface area contributed by atoms with Crippen LogP contribution in [0.15, 0.2) is 73.3 Å². The average molecular weight is 401 g/mol. The van der Waals surface area contributed by atoms with Gasteiger partial charge in [-0.05, 0) is 47.7 Å². The molecule has 1 atom stereocenters. The Labute approximate surface area is 178 Å². The van der Waals surface area contributed by atoms with Gasteiger partial charge in [-0.15, -0.1) is 0 Å². The molecule has 1 saturated heterocycles. The van der Waals surface area contributed by atoms with Crippen molar-refractivity contribution in [2.24, 2.45) is 0 Å². The molecule has 1 unspecified atom stereocenters. The van der Waals surface area contributed by atoms with Crippen molar-refractivity contribution in [3.05, 3.63) is 84.4 Å². The standard InChI is InChI=1S/C25H28N4O/c1-2-14-28-15-16-29(19-20-9-12-26-13-10-20)24(25(28)30)17-21-6-3-4-8-23(21)22-7-5-11-27-18-22/h3-13,18,24H,2,14-17,19H2,1H3. The highest BCUT2D eigenvalue weighted by Gasteiger charge is 2.34. The van der Waals surface area contributed by atoms with Crippen molar-refractivity contribution in [3.63, 3.8) is 0 Å². The van der Waals surface area contributed by atoms with Crippen LogP contribution in [0.2, 0.25) is 0 Å². The van der Waals surface area contributed by atoms with Gasteiger partial charge in [-0.2, -0.15) is 0 Å². The second-order valence-corrected chi connectivity index (χ2v) is 7.77. The van der Waals surface area contributed by atoms with E-state index in [0.717, 1.165) is 43.7 Å². The molecule has 1 aromatic carbocycles. The summed E-state index contributed by atoms with van der Waals surface area (Å²) in [6, 6.07) is 16.3. The highest BCUT2D eigenvalue weighted by molar-refractivity contribution is 5.83. The number of benzene rings is 1. The van der Waals surface area contributed by atoms with Crippen molar-refractivity contribution in [3.8, 4) is 11.1 Å². The third-order valence-electron chi connectivity index (χ3n) is 5.73. The van der Waals surface area contributed by atoms with Crippen molar-refractivity contribution >= 4 is 5.91 Å². The molecule has 1 aliphatic rings. The van der Waals surface area contributed by atoms with E-state index in [4.69, 9.17) is 0 Å². The molecule has 3 aromatic rings. The lowest BCUT2D eigenvalue weighted by molar-refractivity contribution is -0.142. The van der Waals surface area contributed by atoms with Gasteiger partial charge in [0.05, 0.1) is 6.04 Å². The van der Waals surface area contributed by atoms with Crippen molar-refractivity contribution in [2.75, 3.05) is 19.6 Å². The number of aromatic nitrogens is 2. The fourth-order valence-electron chi connectivity index (χ4n) is 4.21. The molecule has 0 radical (unpaired) electrons. The van der Waals surface area contributed by atoms with Crippen LogP contribution < -0.4 is 0 Å². The van der Waals surface area contributed by atoms with Crippen LogP contribution in [0.25, 0.3) is 11.1 Å². The lowest BCUT2D eigenvalue weighted by atomic mass is 9.93. The van der Waals surface area contributed by atoms with Gasteiger partial charge in [0.2, 0.25) is 5.91 Å². The first-order chi connectivity index (χ1) is 14.8. The van der Waals surface area contributed by atoms with Crippen LogP contribution >= 0.6 is 0 Å². The molecule has 0 N–H and O–H groups in total. The topological polar surface area (TPSA) is 49.3 Å². The zero-order chi connectivity index (χ0) is 20.8. The van der Waals surface area contributed by atoms with E-state index in [-0.39, 0.29) is 11.9 Å². The SMILES string of the molecule is CCCN1CCN(Cc2ccncc2)C(Cc2ccccc2-c2cccnc2)C1=O. The molecule has 154 valence electrons. The first-order valence-corrected chi connectivity index (χ1v) is 10.7. The third-order valence-corrected chi connectivity index (χ3v) is 5.73. The van der Waals surface area contributed by atoms with Crippen LogP contribution in [0.4, 0.5) is 0 Å². The summed E-state index contributed by atoms with van der Waals surface area (Å²) in [7, 11) is 0. The third kappa shape index (κ3) is 4.57. The first kappa shape index (κ1) is 20.2. The summed E-state index contributed by atoms with van der Waals surface area (Å²) in [6.07, 6.45) is 8.98. The molecule has 1 fully saturated rings. The smallest absolute Gasteiger partial charge is 0.240 e. The molecule has 5 nitrogen and oxygen atoms in total. The van der Waals surface area contributed by atoms with E-state index in [2.05, 4.69) is 46.1 Å². The van der Waals surface area contributed by atoms with Crippen LogP contribution in [0, 0.1) is 0 Å². The molecule has 2 aromatic heterocycles. The van der Waals surface area contributed by atoms with Crippen LogP contribution in [0.3, 0.4) is 0 Å². The Balaban J connectivity index is 1.63. The van der Waals surface area contributed by atoms with Crippen molar-refractivity contribution < 1.29 is 4.79 Å². The van der Waals surface area contributed by atoms with E-state index in [9.17, 15) is 4.79 Å². The van der Waals surface area contributed by atoms with Gasteiger partial charge in [0.15, 0.2) is 0 Å². The summed E-state index contributed by atoms with van der Waals surface area (Å²) >= 11 is 0. The zero-order valence-corrected chi connectivity index (χ0v) is 17.4. The normalized spacial score (nSPS) is 17.3. The number of carbonyl (C=O) groups excluding carboxylic acids is 1. The molecule has 4 rings (SSSR count). The molecule has 1 amide bonds. The number of hydrogen-bond donors (Lipinski definition) is 0. The lowest BCUT2D eigenvalue weighted by Crippen LogP contribution is -2.57. The first-order valence-electron chi connectivity index (χ1n) is 10.7. The Bertz CT molecular complexity index is 961. The summed E-state index contributed by atoms with van der Waals surface area (Å²) in [4.78, 5) is 26.2. The van der Waals surface area contributed by atoms with E-state index < -0.39 is 0 Å². The number of pyridine rings is 2. The van der Waals surface area contributed by atoms with E-state index >= 15 is 0 Å². The number of amides is 1. The maximum Gasteiger partial charge on any atom is 0.240 e. The average Bonchev–Trinajstić information content (AvgIpc) is 2.80. The maximum atomic E-state index is 13.4. The lowest BCUT2D eigenvalue weighted by Gasteiger charge is -2.41. The van der Waals surface area contributed by atoms with Gasteiger partial charge in [0, 0.05) is 56.5 Å². The fourth-order valence-corrected chi connectivity index (χ4v) is 4.21. The summed E-state index contributed by atoms with van der Waals surface area (Å²) in [6.45, 7) is 5.38. The van der Waals surface area contributed by atoms with Crippen LogP contribution in [-0.2, 0) is 17.8 Å². The van der Waals surface area contributed by atoms with E-state index in [1.807, 2.05) is 47.8 Å². The van der Waals surface area contributed by atoms with Crippen LogP contribution in [0.1, 0.15) is 24.5 Å². The van der Waals surface area contributed by atoms with Crippen molar-refractivity contribution in [1.29, 1.82) is 0 Å². The fraction of sp³-hybridized carbons (Fsp3) is 0.320. The molecular formula is C25H28N4O. The summed E-state index contributed by atoms with van der Waals surface area (Å²) in [5.41, 5.74) is 4.60. The number of hydrogen-bond acceptors (Lipinski definition) is 4. The molecule has 0 spiro atoms. The molecular weight excluding hydrogens is 372 g/mol. The minimum absolute atomic E-state index is 0.170. The minimum Gasteiger partial charge on any atom is -0.340 e. The van der Waals surface area contributed by atoms with Crippen molar-refractivity contribution in [2.45, 2.75) is 32.4 Å². The molecule has 0 bridgehead atoms. The van der Waals surface area contributed by atoms with Gasteiger partial charge in [0.25, 0.3) is 0 Å². The van der Waals surface area contributed by atoms with Crippen LogP contribution in [0.5, 0.6) is 0 Å².